The second kappa shape index (κ2) is 5.68. The Morgan fingerprint density at radius 3 is 2.21 bits per heavy atom. The van der Waals surface area contributed by atoms with Gasteiger partial charge in [0.15, 0.2) is 0 Å². The van der Waals surface area contributed by atoms with Gasteiger partial charge in [-0.1, -0.05) is 44.2 Å². The van der Waals surface area contributed by atoms with Crippen LogP contribution in [-0.4, -0.2) is 0 Å². The summed E-state index contributed by atoms with van der Waals surface area (Å²) in [4.78, 5) is 1.11. The first kappa shape index (κ1) is 11.1. The van der Waals surface area contributed by atoms with Crippen LogP contribution in [0.4, 0.5) is 0 Å². The van der Waals surface area contributed by atoms with E-state index in [-0.39, 0.29) is 0 Å². The van der Waals surface area contributed by atoms with Crippen LogP contribution in [0.3, 0.4) is 0 Å². The lowest BCUT2D eigenvalue weighted by Gasteiger charge is -1.98. The van der Waals surface area contributed by atoms with E-state index in [9.17, 15) is 0 Å². The minimum absolute atomic E-state index is 1.11. The van der Waals surface area contributed by atoms with Crippen molar-refractivity contribution in [3.63, 3.8) is 0 Å². The molecule has 0 bridgehead atoms. The van der Waals surface area contributed by atoms with E-state index in [0.29, 0.717) is 0 Å². The smallest absolute Gasteiger partial charge is 0.0232 e. The van der Waals surface area contributed by atoms with E-state index in [1.54, 1.807) is 0 Å². The van der Waals surface area contributed by atoms with Crippen LogP contribution >= 0.6 is 11.9 Å². The molecule has 0 saturated carbocycles. The Labute approximate surface area is 89.4 Å². The van der Waals surface area contributed by atoms with E-state index in [1.165, 1.54) is 22.7 Å². The van der Waals surface area contributed by atoms with Gasteiger partial charge in [0.1, 0.15) is 0 Å². The molecule has 0 saturated heterocycles. The molecule has 2 aromatic carbocycles. The van der Waals surface area contributed by atoms with E-state index < -0.39 is 0 Å². The highest BCUT2D eigenvalue weighted by Gasteiger charge is 1.93. The zero-order chi connectivity index (χ0) is 10.4. The molecule has 2 N–H and O–H groups in total. The Kier molecular flexibility index (Phi) is 4.50. The van der Waals surface area contributed by atoms with E-state index in [0.717, 1.165) is 4.90 Å². The average Bonchev–Trinajstić information content (AvgIpc) is 2.31. The first-order valence-corrected chi connectivity index (χ1v) is 5.63. The van der Waals surface area contributed by atoms with Gasteiger partial charge >= 0.3 is 0 Å². The SMILES string of the molecule is CC.NSc1ccc2ccccc2c1. The molecule has 14 heavy (non-hydrogen) atoms. The Hall–Kier alpha value is -0.990. The van der Waals surface area contributed by atoms with Crippen LogP contribution in [0.15, 0.2) is 47.4 Å². The van der Waals surface area contributed by atoms with Crippen LogP contribution in [0.25, 0.3) is 10.8 Å². The molecule has 0 heterocycles. The summed E-state index contributed by atoms with van der Waals surface area (Å²) in [7, 11) is 0. The van der Waals surface area contributed by atoms with Crippen LogP contribution < -0.4 is 5.14 Å². The zero-order valence-electron chi connectivity index (χ0n) is 8.53. The maximum Gasteiger partial charge on any atom is 0.0232 e. The monoisotopic (exact) mass is 205 g/mol. The number of hydrogen-bond acceptors (Lipinski definition) is 2. The van der Waals surface area contributed by atoms with Gasteiger partial charge in [0.25, 0.3) is 0 Å². The Morgan fingerprint density at radius 1 is 0.929 bits per heavy atom. The fourth-order valence-electron chi connectivity index (χ4n) is 1.24. The molecule has 74 valence electrons. The summed E-state index contributed by atoms with van der Waals surface area (Å²) in [5.41, 5.74) is 0. The van der Waals surface area contributed by atoms with Gasteiger partial charge in [0.05, 0.1) is 0 Å². The third kappa shape index (κ3) is 2.50. The molecule has 0 aromatic heterocycles. The summed E-state index contributed by atoms with van der Waals surface area (Å²) in [6, 6.07) is 14.5. The standard InChI is InChI=1S/C10H9NS.C2H6/c11-12-10-6-5-8-3-1-2-4-9(8)7-10;1-2/h1-7H,11H2;1-2H3. The van der Waals surface area contributed by atoms with Gasteiger partial charge in [0.2, 0.25) is 0 Å². The highest BCUT2D eigenvalue weighted by molar-refractivity contribution is 7.97. The molecule has 1 nitrogen and oxygen atoms in total. The number of fused-ring (bicyclic) bond motifs is 1. The first-order chi connectivity index (χ1) is 6.90. The van der Waals surface area contributed by atoms with Crippen LogP contribution in [-0.2, 0) is 0 Å². The second-order valence-electron chi connectivity index (χ2n) is 2.63. The van der Waals surface area contributed by atoms with Gasteiger partial charge in [-0.25, -0.2) is 0 Å². The van der Waals surface area contributed by atoms with Crippen molar-refractivity contribution >= 4 is 22.7 Å². The number of hydrogen-bond donors (Lipinski definition) is 1. The summed E-state index contributed by atoms with van der Waals surface area (Å²) in [6.45, 7) is 4.00. The van der Waals surface area contributed by atoms with E-state index in [4.69, 9.17) is 5.14 Å². The fourth-order valence-corrected chi connectivity index (χ4v) is 1.58. The van der Waals surface area contributed by atoms with Gasteiger partial charge in [-0.2, -0.15) is 0 Å². The lowest BCUT2D eigenvalue weighted by Crippen LogP contribution is -1.79. The number of benzene rings is 2. The highest BCUT2D eigenvalue weighted by atomic mass is 32.2. The Balaban J connectivity index is 0.000000461. The van der Waals surface area contributed by atoms with Gasteiger partial charge in [-0.3, -0.25) is 5.14 Å². The molecule has 2 rings (SSSR count). The third-order valence-electron chi connectivity index (χ3n) is 1.86. The van der Waals surface area contributed by atoms with Crippen molar-refractivity contribution in [3.05, 3.63) is 42.5 Å². The lowest BCUT2D eigenvalue weighted by atomic mass is 10.1. The third-order valence-corrected chi connectivity index (χ3v) is 2.38. The molecule has 0 fully saturated rings. The maximum absolute atomic E-state index is 5.46. The molecule has 0 spiro atoms. The summed E-state index contributed by atoms with van der Waals surface area (Å²) >= 11 is 1.28. The van der Waals surface area contributed by atoms with E-state index in [2.05, 4.69) is 24.3 Å². The predicted molar refractivity (Wildman–Crippen MR) is 65.3 cm³/mol. The molecule has 0 atom stereocenters. The summed E-state index contributed by atoms with van der Waals surface area (Å²) in [5, 5.41) is 7.96. The van der Waals surface area contributed by atoms with Gasteiger partial charge < -0.3 is 0 Å². The molecular formula is C12H15NS. The summed E-state index contributed by atoms with van der Waals surface area (Å²) in [5.74, 6) is 0. The highest BCUT2D eigenvalue weighted by Crippen LogP contribution is 2.19. The van der Waals surface area contributed by atoms with Gasteiger partial charge in [-0.05, 0) is 34.9 Å². The Morgan fingerprint density at radius 2 is 1.57 bits per heavy atom. The van der Waals surface area contributed by atoms with Crippen LogP contribution in [0.2, 0.25) is 0 Å². The van der Waals surface area contributed by atoms with Crippen molar-refractivity contribution in [3.8, 4) is 0 Å². The van der Waals surface area contributed by atoms with Crippen LogP contribution in [0, 0.1) is 0 Å². The minimum Gasteiger partial charge on any atom is -0.274 e. The summed E-state index contributed by atoms with van der Waals surface area (Å²) in [6.07, 6.45) is 0. The quantitative estimate of drug-likeness (QED) is 0.716. The largest absolute Gasteiger partial charge is 0.274 e. The molecule has 0 radical (unpaired) electrons. The molecule has 2 heteroatoms. The van der Waals surface area contributed by atoms with Gasteiger partial charge in [-0.15, -0.1) is 0 Å². The van der Waals surface area contributed by atoms with Crippen molar-refractivity contribution in [2.45, 2.75) is 18.7 Å². The molecule has 0 aliphatic rings. The van der Waals surface area contributed by atoms with Gasteiger partial charge in [0, 0.05) is 4.90 Å². The van der Waals surface area contributed by atoms with Crippen LogP contribution in [0.5, 0.6) is 0 Å². The maximum atomic E-state index is 5.46. The van der Waals surface area contributed by atoms with Crippen molar-refractivity contribution in [1.82, 2.24) is 0 Å². The molecule has 0 aliphatic carbocycles. The minimum atomic E-state index is 1.11. The normalized spacial score (nSPS) is 9.36. The van der Waals surface area contributed by atoms with Crippen molar-refractivity contribution in [2.24, 2.45) is 5.14 Å². The summed E-state index contributed by atoms with van der Waals surface area (Å²) < 4.78 is 0. The average molecular weight is 205 g/mol. The molecule has 0 amide bonds. The van der Waals surface area contributed by atoms with Crippen LogP contribution in [0.1, 0.15) is 13.8 Å². The van der Waals surface area contributed by atoms with Crippen molar-refractivity contribution in [2.75, 3.05) is 0 Å². The topological polar surface area (TPSA) is 26.0 Å². The Bertz CT molecular complexity index is 398. The van der Waals surface area contributed by atoms with Crippen molar-refractivity contribution in [1.29, 1.82) is 0 Å². The number of nitrogens with two attached hydrogens (primary N) is 1. The predicted octanol–water partition coefficient (Wildman–Crippen LogP) is 3.83. The van der Waals surface area contributed by atoms with E-state index >= 15 is 0 Å². The lowest BCUT2D eigenvalue weighted by molar-refractivity contribution is 1.50. The zero-order valence-corrected chi connectivity index (χ0v) is 9.34. The molecule has 2 aromatic rings. The number of rotatable bonds is 1. The molecular weight excluding hydrogens is 190 g/mol. The molecule has 0 aliphatic heterocycles. The second-order valence-corrected chi connectivity index (χ2v) is 3.33. The fraction of sp³-hybridized carbons (Fsp3) is 0.167. The first-order valence-electron chi connectivity index (χ1n) is 4.76. The van der Waals surface area contributed by atoms with Crippen molar-refractivity contribution < 1.29 is 0 Å². The van der Waals surface area contributed by atoms with E-state index in [1.807, 2.05) is 32.0 Å². The molecule has 0 unspecified atom stereocenters.